The van der Waals surface area contributed by atoms with Gasteiger partial charge in [-0.25, -0.2) is 4.39 Å². The molecule has 3 heteroatoms. The molecule has 3 aromatic rings. The van der Waals surface area contributed by atoms with E-state index >= 15 is 0 Å². The number of para-hydroxylation sites is 1. The number of halogens is 1. The molecule has 0 aliphatic heterocycles. The molecule has 108 valence electrons. The summed E-state index contributed by atoms with van der Waals surface area (Å²) >= 11 is 1.78. The highest BCUT2D eigenvalue weighted by Crippen LogP contribution is 2.36. The first kappa shape index (κ1) is 14.1. The van der Waals surface area contributed by atoms with Crippen molar-refractivity contribution < 1.29 is 4.39 Å². The molecule has 0 saturated carbocycles. The highest BCUT2D eigenvalue weighted by atomic mass is 32.1. The molecule has 0 aliphatic carbocycles. The third-order valence-corrected chi connectivity index (χ3v) is 5.31. The van der Waals surface area contributed by atoms with E-state index in [1.807, 2.05) is 13.0 Å². The third-order valence-electron chi connectivity index (χ3n) is 3.86. The molecule has 1 nitrogen and oxygen atoms in total. The molecule has 1 N–H and O–H groups in total. The van der Waals surface area contributed by atoms with Crippen molar-refractivity contribution in [3.05, 3.63) is 64.3 Å². The summed E-state index contributed by atoms with van der Waals surface area (Å²) < 4.78 is 15.3. The number of thiophene rings is 1. The molecule has 21 heavy (non-hydrogen) atoms. The summed E-state index contributed by atoms with van der Waals surface area (Å²) in [4.78, 5) is 1.26. The lowest BCUT2D eigenvalue weighted by atomic mass is 10.1. The Morgan fingerprint density at radius 3 is 2.52 bits per heavy atom. The van der Waals surface area contributed by atoms with E-state index in [2.05, 4.69) is 43.4 Å². The van der Waals surface area contributed by atoms with Crippen LogP contribution in [-0.2, 0) is 0 Å². The van der Waals surface area contributed by atoms with Gasteiger partial charge in [0.2, 0.25) is 0 Å². The molecule has 1 aromatic heterocycles. The second-order valence-electron chi connectivity index (χ2n) is 5.39. The molecule has 0 saturated heterocycles. The molecular weight excluding hydrogens is 281 g/mol. The Bertz CT molecular complexity index is 771. The van der Waals surface area contributed by atoms with Gasteiger partial charge < -0.3 is 5.32 Å². The van der Waals surface area contributed by atoms with E-state index in [4.69, 9.17) is 0 Å². The van der Waals surface area contributed by atoms with E-state index in [0.717, 1.165) is 5.56 Å². The Labute approximate surface area is 128 Å². The Morgan fingerprint density at radius 1 is 1.05 bits per heavy atom. The summed E-state index contributed by atoms with van der Waals surface area (Å²) in [6.07, 6.45) is 0. The van der Waals surface area contributed by atoms with Crippen LogP contribution >= 0.6 is 11.3 Å². The number of fused-ring (bicyclic) bond motifs is 1. The normalized spacial score (nSPS) is 12.6. The van der Waals surface area contributed by atoms with Crippen LogP contribution in [0.2, 0.25) is 0 Å². The number of anilines is 1. The van der Waals surface area contributed by atoms with Crippen LogP contribution < -0.4 is 5.32 Å². The van der Waals surface area contributed by atoms with Gasteiger partial charge in [-0.1, -0.05) is 30.3 Å². The Balaban J connectivity index is 1.97. The van der Waals surface area contributed by atoms with Gasteiger partial charge in [0.15, 0.2) is 0 Å². The Kier molecular flexibility index (Phi) is 3.68. The van der Waals surface area contributed by atoms with E-state index in [1.165, 1.54) is 26.6 Å². The van der Waals surface area contributed by atoms with Crippen molar-refractivity contribution >= 4 is 27.1 Å². The molecule has 1 atom stereocenters. The first-order chi connectivity index (χ1) is 10.1. The second-order valence-corrected chi connectivity index (χ2v) is 6.47. The molecule has 0 aliphatic rings. The van der Waals surface area contributed by atoms with Gasteiger partial charge in [0.1, 0.15) is 5.82 Å². The molecule has 1 heterocycles. The predicted octanol–water partition coefficient (Wildman–Crippen LogP) is 5.83. The monoisotopic (exact) mass is 299 g/mol. The summed E-state index contributed by atoms with van der Waals surface area (Å²) in [6.45, 7) is 6.15. The summed E-state index contributed by atoms with van der Waals surface area (Å²) in [5.74, 6) is -0.194. The molecule has 1 unspecified atom stereocenters. The molecule has 3 rings (SSSR count). The van der Waals surface area contributed by atoms with Crippen LogP contribution in [0.15, 0.2) is 42.5 Å². The van der Waals surface area contributed by atoms with Crippen molar-refractivity contribution in [1.29, 1.82) is 0 Å². The van der Waals surface area contributed by atoms with Gasteiger partial charge in [0.05, 0.1) is 11.7 Å². The van der Waals surface area contributed by atoms with E-state index in [-0.39, 0.29) is 11.9 Å². The zero-order valence-corrected chi connectivity index (χ0v) is 13.2. The minimum absolute atomic E-state index is 0.0815. The summed E-state index contributed by atoms with van der Waals surface area (Å²) in [5.41, 5.74) is 2.81. The van der Waals surface area contributed by atoms with Crippen LogP contribution in [0.5, 0.6) is 0 Å². The lowest BCUT2D eigenvalue weighted by molar-refractivity contribution is 0.626. The topological polar surface area (TPSA) is 12.0 Å². The first-order valence-electron chi connectivity index (χ1n) is 7.07. The quantitative estimate of drug-likeness (QED) is 0.641. The van der Waals surface area contributed by atoms with Gasteiger partial charge in [-0.3, -0.25) is 0 Å². The molecular formula is C18H18FNS. The SMILES string of the molecule is Cc1cccc(F)c1NC(C)c1sc2ccccc2c1C. The maximum atomic E-state index is 14.0. The van der Waals surface area contributed by atoms with Crippen LogP contribution in [0.1, 0.15) is 29.0 Å². The van der Waals surface area contributed by atoms with Crippen molar-refractivity contribution in [2.24, 2.45) is 0 Å². The molecule has 0 bridgehead atoms. The van der Waals surface area contributed by atoms with Crippen molar-refractivity contribution in [2.75, 3.05) is 5.32 Å². The summed E-state index contributed by atoms with van der Waals surface area (Å²) in [7, 11) is 0. The van der Waals surface area contributed by atoms with Crippen molar-refractivity contribution in [3.8, 4) is 0 Å². The maximum absolute atomic E-state index is 14.0. The molecule has 0 radical (unpaired) electrons. The number of benzene rings is 2. The van der Waals surface area contributed by atoms with Crippen LogP contribution in [0.4, 0.5) is 10.1 Å². The average molecular weight is 299 g/mol. The summed E-state index contributed by atoms with van der Waals surface area (Å²) in [5, 5.41) is 4.62. The van der Waals surface area contributed by atoms with Gasteiger partial charge in [0, 0.05) is 9.58 Å². The third kappa shape index (κ3) is 2.54. The summed E-state index contributed by atoms with van der Waals surface area (Å²) in [6, 6.07) is 13.6. The zero-order chi connectivity index (χ0) is 15.0. The number of hydrogen-bond donors (Lipinski definition) is 1. The van der Waals surface area contributed by atoms with E-state index < -0.39 is 0 Å². The van der Waals surface area contributed by atoms with Crippen LogP contribution in [-0.4, -0.2) is 0 Å². The van der Waals surface area contributed by atoms with E-state index in [9.17, 15) is 4.39 Å². The predicted molar refractivity (Wildman–Crippen MR) is 89.7 cm³/mol. The fourth-order valence-electron chi connectivity index (χ4n) is 2.70. The molecule has 0 amide bonds. The van der Waals surface area contributed by atoms with Crippen molar-refractivity contribution in [1.82, 2.24) is 0 Å². The average Bonchev–Trinajstić information content (AvgIpc) is 2.81. The number of hydrogen-bond acceptors (Lipinski definition) is 2. The van der Waals surface area contributed by atoms with Gasteiger partial charge in [-0.2, -0.15) is 0 Å². The fraction of sp³-hybridized carbons (Fsp3) is 0.222. The second kappa shape index (κ2) is 5.49. The van der Waals surface area contributed by atoms with Gasteiger partial charge in [-0.05, 0) is 49.4 Å². The zero-order valence-electron chi connectivity index (χ0n) is 12.4. The Morgan fingerprint density at radius 2 is 1.81 bits per heavy atom. The standard InChI is InChI=1S/C18H18FNS/c1-11-7-6-9-15(19)17(11)20-13(3)18-12(2)14-8-4-5-10-16(14)21-18/h4-10,13,20H,1-3H3. The largest absolute Gasteiger partial charge is 0.375 e. The van der Waals surface area contributed by atoms with Crippen LogP contribution in [0, 0.1) is 19.7 Å². The van der Waals surface area contributed by atoms with E-state index in [1.54, 1.807) is 17.4 Å². The molecule has 0 spiro atoms. The van der Waals surface area contributed by atoms with Gasteiger partial charge >= 0.3 is 0 Å². The van der Waals surface area contributed by atoms with Crippen molar-refractivity contribution in [2.45, 2.75) is 26.8 Å². The number of aryl methyl sites for hydroxylation is 2. The fourth-order valence-corrected chi connectivity index (χ4v) is 3.92. The minimum Gasteiger partial charge on any atom is -0.375 e. The smallest absolute Gasteiger partial charge is 0.146 e. The molecule has 2 aromatic carbocycles. The minimum atomic E-state index is -0.194. The van der Waals surface area contributed by atoms with Crippen LogP contribution in [0.3, 0.4) is 0 Å². The first-order valence-corrected chi connectivity index (χ1v) is 7.89. The highest BCUT2D eigenvalue weighted by Gasteiger charge is 2.16. The number of rotatable bonds is 3. The Hall–Kier alpha value is -1.87. The van der Waals surface area contributed by atoms with Crippen LogP contribution in [0.25, 0.3) is 10.1 Å². The maximum Gasteiger partial charge on any atom is 0.146 e. The lowest BCUT2D eigenvalue weighted by Gasteiger charge is -2.17. The molecule has 0 fully saturated rings. The lowest BCUT2D eigenvalue weighted by Crippen LogP contribution is -2.08. The van der Waals surface area contributed by atoms with Gasteiger partial charge in [-0.15, -0.1) is 11.3 Å². The van der Waals surface area contributed by atoms with Crippen molar-refractivity contribution in [3.63, 3.8) is 0 Å². The van der Waals surface area contributed by atoms with E-state index in [0.29, 0.717) is 5.69 Å². The highest BCUT2D eigenvalue weighted by molar-refractivity contribution is 7.19. The van der Waals surface area contributed by atoms with Gasteiger partial charge in [0.25, 0.3) is 0 Å². The number of nitrogens with one attached hydrogen (secondary N) is 1.